The average Bonchev–Trinajstić information content (AvgIpc) is 2.26. The molecule has 0 amide bonds. The maximum Gasteiger partial charge on any atom is 0.124 e. The van der Waals surface area contributed by atoms with Gasteiger partial charge in [0, 0.05) is 10.6 Å². The van der Waals surface area contributed by atoms with Gasteiger partial charge in [-0.1, -0.05) is 32.4 Å². The molecule has 0 bridgehead atoms. The Morgan fingerprint density at radius 1 is 1.25 bits per heavy atom. The van der Waals surface area contributed by atoms with E-state index in [4.69, 9.17) is 16.3 Å². The number of benzene rings is 1. The highest BCUT2D eigenvalue weighted by molar-refractivity contribution is 6.30. The van der Waals surface area contributed by atoms with E-state index >= 15 is 0 Å². The third kappa shape index (κ3) is 2.89. The lowest BCUT2D eigenvalue weighted by Gasteiger charge is -2.24. The first kappa shape index (κ1) is 13.3. The molecule has 0 heterocycles. The minimum absolute atomic E-state index is 0.160. The summed E-state index contributed by atoms with van der Waals surface area (Å²) in [6.07, 6.45) is -0.548. The van der Waals surface area contributed by atoms with Gasteiger partial charge in [0.05, 0.1) is 13.2 Å². The van der Waals surface area contributed by atoms with E-state index in [0.29, 0.717) is 16.7 Å². The van der Waals surface area contributed by atoms with Gasteiger partial charge in [-0.05, 0) is 30.0 Å². The second kappa shape index (κ2) is 5.55. The van der Waals surface area contributed by atoms with Crippen molar-refractivity contribution in [3.8, 4) is 5.75 Å². The number of hydrogen-bond donors (Lipinski definition) is 1. The van der Waals surface area contributed by atoms with E-state index in [1.165, 1.54) is 0 Å². The van der Waals surface area contributed by atoms with Gasteiger partial charge in [0.2, 0.25) is 0 Å². The number of rotatable bonds is 4. The molecule has 0 spiro atoms. The Bertz CT molecular complexity index is 350. The molecule has 1 aromatic carbocycles. The van der Waals surface area contributed by atoms with Crippen molar-refractivity contribution in [2.75, 3.05) is 7.11 Å². The summed E-state index contributed by atoms with van der Waals surface area (Å²) in [5.74, 6) is 1.25. The van der Waals surface area contributed by atoms with Gasteiger partial charge in [-0.15, -0.1) is 0 Å². The predicted octanol–water partition coefficient (Wildman–Crippen LogP) is 3.67. The Balaban J connectivity index is 3.05. The van der Waals surface area contributed by atoms with Gasteiger partial charge in [0.1, 0.15) is 5.75 Å². The van der Waals surface area contributed by atoms with E-state index in [2.05, 4.69) is 13.8 Å². The Hall–Kier alpha value is -0.730. The van der Waals surface area contributed by atoms with Crippen molar-refractivity contribution >= 4 is 11.6 Å². The summed E-state index contributed by atoms with van der Waals surface area (Å²) < 4.78 is 5.23. The first-order valence-electron chi connectivity index (χ1n) is 5.48. The maximum absolute atomic E-state index is 10.3. The first-order chi connectivity index (χ1) is 7.47. The molecule has 90 valence electrons. The molecule has 3 heteroatoms. The van der Waals surface area contributed by atoms with Crippen LogP contribution in [-0.2, 0) is 0 Å². The van der Waals surface area contributed by atoms with Crippen LogP contribution < -0.4 is 4.74 Å². The van der Waals surface area contributed by atoms with Crippen molar-refractivity contribution in [1.29, 1.82) is 0 Å². The van der Waals surface area contributed by atoms with Crippen LogP contribution in [0.4, 0.5) is 0 Å². The number of ether oxygens (including phenoxy) is 1. The van der Waals surface area contributed by atoms with E-state index < -0.39 is 6.10 Å². The summed E-state index contributed by atoms with van der Waals surface area (Å²) in [6.45, 7) is 6.20. The highest BCUT2D eigenvalue weighted by Crippen LogP contribution is 2.34. The predicted molar refractivity (Wildman–Crippen MR) is 67.0 cm³/mol. The van der Waals surface area contributed by atoms with Gasteiger partial charge in [0.15, 0.2) is 0 Å². The molecular weight excluding hydrogens is 224 g/mol. The molecule has 0 radical (unpaired) electrons. The fraction of sp³-hybridized carbons (Fsp3) is 0.538. The molecule has 0 saturated carbocycles. The van der Waals surface area contributed by atoms with Crippen molar-refractivity contribution in [2.24, 2.45) is 11.8 Å². The maximum atomic E-state index is 10.3. The van der Waals surface area contributed by atoms with E-state index in [1.54, 1.807) is 25.3 Å². The van der Waals surface area contributed by atoms with Crippen LogP contribution in [0.5, 0.6) is 5.75 Å². The largest absolute Gasteiger partial charge is 0.496 e. The van der Waals surface area contributed by atoms with Crippen molar-refractivity contribution < 1.29 is 9.84 Å². The molecule has 16 heavy (non-hydrogen) atoms. The standard InChI is InChI=1S/C13H19ClO2/c1-8(2)9(3)13(15)11-7-10(14)5-6-12(11)16-4/h5-9,13,15H,1-4H3. The van der Waals surface area contributed by atoms with E-state index in [-0.39, 0.29) is 5.92 Å². The average molecular weight is 243 g/mol. The molecule has 1 N–H and O–H groups in total. The summed E-state index contributed by atoms with van der Waals surface area (Å²) in [5, 5.41) is 10.9. The smallest absolute Gasteiger partial charge is 0.124 e. The molecule has 0 aromatic heterocycles. The third-order valence-electron chi connectivity index (χ3n) is 3.06. The quantitative estimate of drug-likeness (QED) is 0.873. The molecule has 2 unspecified atom stereocenters. The minimum Gasteiger partial charge on any atom is -0.496 e. The number of aliphatic hydroxyl groups is 1. The molecule has 0 fully saturated rings. The van der Waals surface area contributed by atoms with Gasteiger partial charge in [0.25, 0.3) is 0 Å². The summed E-state index contributed by atoms with van der Waals surface area (Å²) in [7, 11) is 1.60. The monoisotopic (exact) mass is 242 g/mol. The lowest BCUT2D eigenvalue weighted by Crippen LogP contribution is -2.15. The molecular formula is C13H19ClO2. The van der Waals surface area contributed by atoms with Crippen LogP contribution in [0.25, 0.3) is 0 Å². The van der Waals surface area contributed by atoms with Crippen LogP contribution in [-0.4, -0.2) is 12.2 Å². The Labute approximate surface area is 102 Å². The van der Waals surface area contributed by atoms with Crippen molar-refractivity contribution in [2.45, 2.75) is 26.9 Å². The van der Waals surface area contributed by atoms with Crippen LogP contribution in [0, 0.1) is 11.8 Å². The van der Waals surface area contributed by atoms with E-state index in [0.717, 1.165) is 5.56 Å². The second-order valence-corrected chi connectivity index (χ2v) is 4.87. The van der Waals surface area contributed by atoms with Gasteiger partial charge in [-0.25, -0.2) is 0 Å². The van der Waals surface area contributed by atoms with Crippen LogP contribution in [0.15, 0.2) is 18.2 Å². The SMILES string of the molecule is COc1ccc(Cl)cc1C(O)C(C)C(C)C. The summed E-state index contributed by atoms with van der Waals surface area (Å²) in [6, 6.07) is 5.31. The normalized spacial score (nSPS) is 14.9. The topological polar surface area (TPSA) is 29.5 Å². The third-order valence-corrected chi connectivity index (χ3v) is 3.30. The molecule has 0 aliphatic heterocycles. The summed E-state index contributed by atoms with van der Waals surface area (Å²) >= 11 is 5.94. The second-order valence-electron chi connectivity index (χ2n) is 4.43. The molecule has 1 aromatic rings. The summed E-state index contributed by atoms with van der Waals surface area (Å²) in [5.41, 5.74) is 0.760. The van der Waals surface area contributed by atoms with Crippen LogP contribution in [0.1, 0.15) is 32.4 Å². The Morgan fingerprint density at radius 3 is 2.38 bits per heavy atom. The van der Waals surface area contributed by atoms with Gasteiger partial charge >= 0.3 is 0 Å². The van der Waals surface area contributed by atoms with Gasteiger partial charge in [-0.2, -0.15) is 0 Å². The van der Waals surface area contributed by atoms with Crippen LogP contribution in [0.3, 0.4) is 0 Å². The molecule has 0 aliphatic carbocycles. The highest BCUT2D eigenvalue weighted by Gasteiger charge is 2.22. The molecule has 2 atom stereocenters. The zero-order valence-electron chi connectivity index (χ0n) is 10.2. The lowest BCUT2D eigenvalue weighted by molar-refractivity contribution is 0.0896. The summed E-state index contributed by atoms with van der Waals surface area (Å²) in [4.78, 5) is 0. The van der Waals surface area contributed by atoms with E-state index in [9.17, 15) is 5.11 Å². The van der Waals surface area contributed by atoms with Crippen molar-refractivity contribution in [3.63, 3.8) is 0 Å². The zero-order valence-corrected chi connectivity index (χ0v) is 11.0. The highest BCUT2D eigenvalue weighted by atomic mass is 35.5. The van der Waals surface area contributed by atoms with E-state index in [1.807, 2.05) is 6.92 Å². The first-order valence-corrected chi connectivity index (χ1v) is 5.86. The minimum atomic E-state index is -0.548. The Morgan fingerprint density at radius 2 is 1.88 bits per heavy atom. The number of aliphatic hydroxyl groups excluding tert-OH is 1. The van der Waals surface area contributed by atoms with Gasteiger partial charge in [-0.3, -0.25) is 0 Å². The fourth-order valence-electron chi connectivity index (χ4n) is 1.58. The number of methoxy groups -OCH3 is 1. The van der Waals surface area contributed by atoms with Crippen molar-refractivity contribution in [3.05, 3.63) is 28.8 Å². The van der Waals surface area contributed by atoms with Gasteiger partial charge < -0.3 is 9.84 Å². The van der Waals surface area contributed by atoms with Crippen LogP contribution in [0.2, 0.25) is 5.02 Å². The molecule has 0 saturated heterocycles. The Kier molecular flexibility index (Phi) is 4.63. The fourth-order valence-corrected chi connectivity index (χ4v) is 1.76. The molecule has 2 nitrogen and oxygen atoms in total. The van der Waals surface area contributed by atoms with Crippen LogP contribution >= 0.6 is 11.6 Å². The number of halogens is 1. The number of hydrogen-bond acceptors (Lipinski definition) is 2. The lowest BCUT2D eigenvalue weighted by atomic mass is 9.88. The zero-order chi connectivity index (χ0) is 12.3. The van der Waals surface area contributed by atoms with Crippen molar-refractivity contribution in [1.82, 2.24) is 0 Å². The molecule has 1 rings (SSSR count). The molecule has 0 aliphatic rings.